The van der Waals surface area contributed by atoms with Crippen LogP contribution in [0.2, 0.25) is 0 Å². The van der Waals surface area contributed by atoms with E-state index in [2.05, 4.69) is 4.57 Å². The second kappa shape index (κ2) is 7.52. The van der Waals surface area contributed by atoms with Gasteiger partial charge in [-0.15, -0.1) is 0 Å². The summed E-state index contributed by atoms with van der Waals surface area (Å²) >= 11 is 0. The number of sulfone groups is 1. The molecule has 2 aliphatic rings. The zero-order valence-corrected chi connectivity index (χ0v) is 18.0. The first-order valence-electron chi connectivity index (χ1n) is 9.26. The Balaban J connectivity index is 0.00000218. The molecule has 0 amide bonds. The molecule has 0 fully saturated rings. The third kappa shape index (κ3) is 3.20. The number of benzene rings is 2. The molecule has 1 aromatic heterocycles. The summed E-state index contributed by atoms with van der Waals surface area (Å²) in [6, 6.07) is 9.16. The topological polar surface area (TPSA) is 74.9 Å². The molecule has 30 heavy (non-hydrogen) atoms. The quantitative estimate of drug-likeness (QED) is 0.501. The molecule has 0 saturated heterocycles. The van der Waals surface area contributed by atoms with Gasteiger partial charge < -0.3 is 31.4 Å². The largest absolute Gasteiger partial charge is 1.00 e. The highest BCUT2D eigenvalue weighted by atomic mass is 35.5. The molecule has 9 heteroatoms. The Morgan fingerprint density at radius 2 is 1.60 bits per heavy atom. The number of aromatic nitrogens is 1. The summed E-state index contributed by atoms with van der Waals surface area (Å²) in [5.41, 5.74) is 1.42. The van der Waals surface area contributed by atoms with Gasteiger partial charge in [0.15, 0.2) is 39.0 Å². The Morgan fingerprint density at radius 3 is 2.30 bits per heavy atom. The van der Waals surface area contributed by atoms with Gasteiger partial charge in [0.1, 0.15) is 6.54 Å². The van der Waals surface area contributed by atoms with E-state index >= 15 is 0 Å². The SMILES string of the molecule is COc1cc2cc3[n+](cc2cc1OC)CCCS(=O)(=O)c1cc2c(cc1-3)OCO2.[Cl-]. The fourth-order valence-corrected chi connectivity index (χ4v) is 5.46. The summed E-state index contributed by atoms with van der Waals surface area (Å²) in [5.74, 6) is 2.37. The third-order valence-electron chi connectivity index (χ3n) is 5.38. The Bertz CT molecular complexity index is 1260. The molecule has 0 aliphatic carbocycles. The Morgan fingerprint density at radius 1 is 0.933 bits per heavy atom. The number of methoxy groups -OCH3 is 2. The minimum atomic E-state index is -3.44. The summed E-state index contributed by atoms with van der Waals surface area (Å²) in [6.45, 7) is 0.680. The van der Waals surface area contributed by atoms with Crippen LogP contribution in [-0.4, -0.2) is 35.2 Å². The molecule has 7 nitrogen and oxygen atoms in total. The number of aryl methyl sites for hydroxylation is 1. The van der Waals surface area contributed by atoms with Gasteiger partial charge in [-0.2, -0.15) is 4.57 Å². The number of rotatable bonds is 2. The summed E-state index contributed by atoms with van der Waals surface area (Å²) in [4.78, 5) is 0.273. The summed E-state index contributed by atoms with van der Waals surface area (Å²) in [5, 5.41) is 1.91. The fourth-order valence-electron chi connectivity index (χ4n) is 3.95. The van der Waals surface area contributed by atoms with Crippen LogP contribution >= 0.6 is 0 Å². The van der Waals surface area contributed by atoms with Crippen molar-refractivity contribution in [1.29, 1.82) is 0 Å². The minimum absolute atomic E-state index is 0. The first-order valence-corrected chi connectivity index (χ1v) is 10.9. The highest BCUT2D eigenvalue weighted by molar-refractivity contribution is 7.91. The lowest BCUT2D eigenvalue weighted by Crippen LogP contribution is -3.00. The van der Waals surface area contributed by atoms with E-state index < -0.39 is 9.84 Å². The van der Waals surface area contributed by atoms with E-state index in [-0.39, 0.29) is 29.8 Å². The van der Waals surface area contributed by atoms with Crippen LogP contribution in [0.25, 0.3) is 22.0 Å². The van der Waals surface area contributed by atoms with Gasteiger partial charge in [0.05, 0.1) is 30.4 Å². The van der Waals surface area contributed by atoms with Crippen LogP contribution < -0.4 is 35.9 Å². The maximum Gasteiger partial charge on any atom is 0.231 e. The van der Waals surface area contributed by atoms with E-state index in [0.717, 1.165) is 16.5 Å². The normalized spacial score (nSPS) is 15.9. The van der Waals surface area contributed by atoms with Crippen LogP contribution in [0.5, 0.6) is 23.0 Å². The van der Waals surface area contributed by atoms with E-state index in [9.17, 15) is 8.42 Å². The van der Waals surface area contributed by atoms with Gasteiger partial charge in [-0.05, 0) is 23.6 Å². The van der Waals surface area contributed by atoms with Crippen LogP contribution in [-0.2, 0) is 16.4 Å². The standard InChI is InChI=1S/C21H20NO6S.ClH/c1-25-17-7-13-6-16-15-9-19-20(28-12-27-19)10-21(15)29(23,24)5-3-4-22(16)11-14(13)8-18(17)26-2;/h6-11H,3-5,12H2,1-2H3;1H/q+1;/p-1. The predicted molar refractivity (Wildman–Crippen MR) is 105 cm³/mol. The second-order valence-electron chi connectivity index (χ2n) is 7.06. The van der Waals surface area contributed by atoms with E-state index in [1.165, 1.54) is 0 Å². The molecule has 3 heterocycles. The predicted octanol–water partition coefficient (Wildman–Crippen LogP) is -0.278. The van der Waals surface area contributed by atoms with Crippen molar-refractivity contribution in [2.45, 2.75) is 17.9 Å². The number of ether oxygens (including phenoxy) is 4. The molecule has 0 radical (unpaired) electrons. The first kappa shape index (κ1) is 20.6. The van der Waals surface area contributed by atoms with Gasteiger partial charge in [-0.3, -0.25) is 0 Å². The maximum atomic E-state index is 13.0. The lowest BCUT2D eigenvalue weighted by molar-refractivity contribution is -0.685. The Kier molecular flexibility index (Phi) is 5.15. The summed E-state index contributed by atoms with van der Waals surface area (Å²) < 4.78 is 49.8. The number of hydrogen-bond acceptors (Lipinski definition) is 6. The molecule has 0 atom stereocenters. The van der Waals surface area contributed by atoms with Crippen LogP contribution in [0.1, 0.15) is 6.42 Å². The minimum Gasteiger partial charge on any atom is -1.00 e. The van der Waals surface area contributed by atoms with Crippen molar-refractivity contribution in [2.75, 3.05) is 26.8 Å². The van der Waals surface area contributed by atoms with Crippen molar-refractivity contribution in [3.05, 3.63) is 36.5 Å². The monoisotopic (exact) mass is 449 g/mol. The number of nitrogens with zero attached hydrogens (tertiary/aromatic N) is 1. The van der Waals surface area contributed by atoms with Crippen molar-refractivity contribution in [3.8, 4) is 34.3 Å². The van der Waals surface area contributed by atoms with Gasteiger partial charge in [0.2, 0.25) is 12.5 Å². The summed E-state index contributed by atoms with van der Waals surface area (Å²) in [7, 11) is -0.239. The molecular formula is C21H20ClNO6S. The molecule has 3 aromatic rings. The molecule has 2 aliphatic heterocycles. The third-order valence-corrected chi connectivity index (χ3v) is 7.22. The van der Waals surface area contributed by atoms with E-state index in [0.29, 0.717) is 41.5 Å². The molecule has 0 spiro atoms. The lowest BCUT2D eigenvalue weighted by atomic mass is 10.0. The smallest absolute Gasteiger partial charge is 0.231 e. The van der Waals surface area contributed by atoms with E-state index in [1.807, 2.05) is 24.4 Å². The summed E-state index contributed by atoms with van der Waals surface area (Å²) in [6.07, 6.45) is 2.55. The first-order chi connectivity index (χ1) is 14.0. The van der Waals surface area contributed by atoms with Crippen LogP contribution in [0, 0.1) is 0 Å². The lowest BCUT2D eigenvalue weighted by Gasteiger charge is -2.16. The molecule has 158 valence electrons. The second-order valence-corrected chi connectivity index (χ2v) is 9.14. The van der Waals surface area contributed by atoms with Crippen molar-refractivity contribution < 1.29 is 44.3 Å². The zero-order valence-electron chi connectivity index (χ0n) is 16.5. The molecule has 0 saturated carbocycles. The van der Waals surface area contributed by atoms with Gasteiger partial charge >= 0.3 is 0 Å². The number of fused-ring (bicyclic) bond motifs is 5. The highest BCUT2D eigenvalue weighted by Gasteiger charge is 2.32. The average molecular weight is 450 g/mol. The van der Waals surface area contributed by atoms with Crippen molar-refractivity contribution in [1.82, 2.24) is 0 Å². The fraction of sp³-hybridized carbons (Fsp3) is 0.286. The average Bonchev–Trinajstić information content (AvgIpc) is 3.18. The molecule has 5 rings (SSSR count). The Hall–Kier alpha value is -2.71. The van der Waals surface area contributed by atoms with Gasteiger partial charge in [0.25, 0.3) is 0 Å². The van der Waals surface area contributed by atoms with Crippen LogP contribution in [0.3, 0.4) is 0 Å². The molecular weight excluding hydrogens is 430 g/mol. The molecule has 2 aromatic carbocycles. The molecule has 0 N–H and O–H groups in total. The van der Waals surface area contributed by atoms with Crippen molar-refractivity contribution >= 4 is 20.6 Å². The highest BCUT2D eigenvalue weighted by Crippen LogP contribution is 2.42. The van der Waals surface area contributed by atoms with Gasteiger partial charge in [-0.25, -0.2) is 8.42 Å². The number of hydrogen-bond donors (Lipinski definition) is 0. The van der Waals surface area contributed by atoms with Crippen molar-refractivity contribution in [2.24, 2.45) is 0 Å². The molecule has 0 bridgehead atoms. The maximum absolute atomic E-state index is 13.0. The number of pyridine rings is 1. The zero-order chi connectivity index (χ0) is 20.2. The van der Waals surface area contributed by atoms with Gasteiger partial charge in [-0.1, -0.05) is 0 Å². The van der Waals surface area contributed by atoms with E-state index in [4.69, 9.17) is 18.9 Å². The Labute approximate surface area is 180 Å². The molecule has 0 unspecified atom stereocenters. The van der Waals surface area contributed by atoms with Gasteiger partial charge in [0, 0.05) is 23.9 Å². The van der Waals surface area contributed by atoms with E-state index in [1.54, 1.807) is 26.4 Å². The van der Waals surface area contributed by atoms with Crippen molar-refractivity contribution in [3.63, 3.8) is 0 Å². The van der Waals surface area contributed by atoms with Crippen LogP contribution in [0.4, 0.5) is 0 Å². The number of halogens is 1. The van der Waals surface area contributed by atoms with Crippen LogP contribution in [0.15, 0.2) is 41.4 Å².